The second-order valence-corrected chi connectivity index (χ2v) is 5.75. The van der Waals surface area contributed by atoms with Gasteiger partial charge in [0.15, 0.2) is 0 Å². The number of piperidine rings is 1. The summed E-state index contributed by atoms with van der Waals surface area (Å²) in [4.78, 5) is 4.38. The number of rotatable bonds is 4. The standard InChI is InChI=1S/C18H22N2O2/c1-3-12-5-4-9-20-17(12)18(21)14-8-10-19-16-7-6-13(22-2)11-15(14)16/h3,6-8,10-12,17-18,20-21H,1,4-5,9H2,2H3/t12?,17?,18-/m0/s1. The van der Waals surface area contributed by atoms with Crippen LogP contribution in [0.2, 0.25) is 0 Å². The van der Waals surface area contributed by atoms with Crippen molar-refractivity contribution in [2.75, 3.05) is 13.7 Å². The summed E-state index contributed by atoms with van der Waals surface area (Å²) < 4.78 is 5.30. The first-order valence-corrected chi connectivity index (χ1v) is 7.71. The van der Waals surface area contributed by atoms with Crippen molar-refractivity contribution in [1.29, 1.82) is 0 Å². The van der Waals surface area contributed by atoms with Gasteiger partial charge in [-0.3, -0.25) is 4.98 Å². The second kappa shape index (κ2) is 6.46. The quantitative estimate of drug-likeness (QED) is 0.852. The highest BCUT2D eigenvalue weighted by atomic mass is 16.5. The van der Waals surface area contributed by atoms with Crippen molar-refractivity contribution >= 4 is 10.9 Å². The summed E-state index contributed by atoms with van der Waals surface area (Å²) in [6, 6.07) is 7.62. The maximum Gasteiger partial charge on any atom is 0.119 e. The SMILES string of the molecule is C=CC1CCCNC1[C@@H](O)c1ccnc2ccc(OC)cc12. The van der Waals surface area contributed by atoms with Gasteiger partial charge in [0.05, 0.1) is 18.7 Å². The number of benzene rings is 1. The van der Waals surface area contributed by atoms with Gasteiger partial charge in [-0.15, -0.1) is 6.58 Å². The lowest BCUT2D eigenvalue weighted by Gasteiger charge is -2.34. The van der Waals surface area contributed by atoms with E-state index >= 15 is 0 Å². The van der Waals surface area contributed by atoms with Crippen LogP contribution in [0.5, 0.6) is 5.75 Å². The van der Waals surface area contributed by atoms with E-state index in [9.17, 15) is 5.11 Å². The van der Waals surface area contributed by atoms with Gasteiger partial charge in [-0.25, -0.2) is 0 Å². The van der Waals surface area contributed by atoms with Crippen molar-refractivity contribution in [2.45, 2.75) is 25.0 Å². The molecule has 3 rings (SSSR count). The van der Waals surface area contributed by atoms with E-state index in [0.717, 1.165) is 41.6 Å². The van der Waals surface area contributed by atoms with Crippen LogP contribution in [-0.4, -0.2) is 29.8 Å². The summed E-state index contributed by atoms with van der Waals surface area (Å²) in [7, 11) is 1.64. The smallest absolute Gasteiger partial charge is 0.119 e. The Morgan fingerprint density at radius 3 is 3.09 bits per heavy atom. The maximum absolute atomic E-state index is 10.9. The topological polar surface area (TPSA) is 54.4 Å². The minimum atomic E-state index is -0.596. The van der Waals surface area contributed by atoms with Gasteiger partial charge in [-0.05, 0) is 55.1 Å². The average Bonchev–Trinajstić information content (AvgIpc) is 2.60. The first kappa shape index (κ1) is 15.0. The number of nitrogens with one attached hydrogen (secondary N) is 1. The Morgan fingerprint density at radius 2 is 2.32 bits per heavy atom. The molecule has 4 heteroatoms. The number of nitrogens with zero attached hydrogens (tertiary/aromatic N) is 1. The molecule has 116 valence electrons. The number of aliphatic hydroxyl groups is 1. The Kier molecular flexibility index (Phi) is 4.41. The third kappa shape index (κ3) is 2.72. The van der Waals surface area contributed by atoms with Crippen LogP contribution >= 0.6 is 0 Å². The highest BCUT2D eigenvalue weighted by Gasteiger charge is 2.30. The zero-order valence-corrected chi connectivity index (χ0v) is 12.8. The van der Waals surface area contributed by atoms with Crippen molar-refractivity contribution in [1.82, 2.24) is 10.3 Å². The largest absolute Gasteiger partial charge is 0.497 e. The molecule has 2 unspecified atom stereocenters. The Balaban J connectivity index is 2.02. The molecule has 2 N–H and O–H groups in total. The van der Waals surface area contributed by atoms with Crippen LogP contribution in [0.1, 0.15) is 24.5 Å². The fourth-order valence-corrected chi connectivity index (χ4v) is 3.27. The van der Waals surface area contributed by atoms with E-state index in [2.05, 4.69) is 16.9 Å². The van der Waals surface area contributed by atoms with Crippen LogP contribution in [0.3, 0.4) is 0 Å². The number of fused-ring (bicyclic) bond motifs is 1. The summed E-state index contributed by atoms with van der Waals surface area (Å²) in [6.45, 7) is 4.85. The van der Waals surface area contributed by atoms with Crippen molar-refractivity contribution in [3.05, 3.63) is 48.7 Å². The molecule has 2 heterocycles. The zero-order chi connectivity index (χ0) is 15.5. The van der Waals surface area contributed by atoms with Crippen molar-refractivity contribution < 1.29 is 9.84 Å². The molecule has 3 atom stereocenters. The number of aromatic nitrogens is 1. The number of ether oxygens (including phenoxy) is 1. The first-order chi connectivity index (χ1) is 10.7. The highest BCUT2D eigenvalue weighted by Crippen LogP contribution is 2.32. The molecule has 1 aliphatic heterocycles. The minimum absolute atomic E-state index is 0.0111. The summed E-state index contributed by atoms with van der Waals surface area (Å²) in [5.74, 6) is 1.04. The summed E-state index contributed by atoms with van der Waals surface area (Å²) in [5, 5.41) is 15.3. The molecule has 4 nitrogen and oxygen atoms in total. The number of hydrogen-bond acceptors (Lipinski definition) is 4. The Morgan fingerprint density at radius 1 is 1.45 bits per heavy atom. The molecule has 1 aromatic carbocycles. The third-order valence-corrected chi connectivity index (χ3v) is 4.50. The predicted octanol–water partition coefficient (Wildman–Crippen LogP) is 2.83. The monoisotopic (exact) mass is 298 g/mol. The van der Waals surface area contributed by atoms with Crippen molar-refractivity contribution in [3.8, 4) is 5.75 Å². The van der Waals surface area contributed by atoms with Crippen LogP contribution in [0, 0.1) is 5.92 Å². The molecular formula is C18H22N2O2. The van der Waals surface area contributed by atoms with E-state index in [0.29, 0.717) is 0 Å². The van der Waals surface area contributed by atoms with Crippen molar-refractivity contribution in [3.63, 3.8) is 0 Å². The fraction of sp³-hybridized carbons (Fsp3) is 0.389. The first-order valence-electron chi connectivity index (χ1n) is 7.71. The van der Waals surface area contributed by atoms with E-state index in [1.165, 1.54) is 0 Å². The van der Waals surface area contributed by atoms with Gasteiger partial charge >= 0.3 is 0 Å². The lowest BCUT2D eigenvalue weighted by Crippen LogP contribution is -2.44. The van der Waals surface area contributed by atoms with E-state index < -0.39 is 6.10 Å². The third-order valence-electron chi connectivity index (χ3n) is 4.50. The number of pyridine rings is 1. The molecule has 0 saturated carbocycles. The summed E-state index contributed by atoms with van der Waals surface area (Å²) in [5.41, 5.74) is 1.75. The van der Waals surface area contributed by atoms with E-state index in [1.807, 2.05) is 30.3 Å². The zero-order valence-electron chi connectivity index (χ0n) is 12.8. The second-order valence-electron chi connectivity index (χ2n) is 5.75. The van der Waals surface area contributed by atoms with E-state index in [4.69, 9.17) is 4.74 Å². The molecule has 0 spiro atoms. The molecule has 1 aliphatic rings. The molecule has 1 aromatic heterocycles. The van der Waals surface area contributed by atoms with Crippen LogP contribution < -0.4 is 10.1 Å². The molecular weight excluding hydrogens is 276 g/mol. The summed E-state index contributed by atoms with van der Waals surface area (Å²) in [6.07, 6.45) is 5.28. The van der Waals surface area contributed by atoms with Crippen LogP contribution in [0.4, 0.5) is 0 Å². The molecule has 22 heavy (non-hydrogen) atoms. The van der Waals surface area contributed by atoms with Gasteiger partial charge in [0.25, 0.3) is 0 Å². The van der Waals surface area contributed by atoms with Crippen LogP contribution in [0.15, 0.2) is 43.1 Å². The van der Waals surface area contributed by atoms with Gasteiger partial charge in [0.1, 0.15) is 5.75 Å². The number of hydrogen-bond donors (Lipinski definition) is 2. The molecule has 0 radical (unpaired) electrons. The predicted molar refractivity (Wildman–Crippen MR) is 88.0 cm³/mol. The number of aliphatic hydroxyl groups excluding tert-OH is 1. The molecule has 0 bridgehead atoms. The van der Waals surface area contributed by atoms with Gasteiger partial charge in [0, 0.05) is 17.6 Å². The lowest BCUT2D eigenvalue weighted by atomic mass is 9.84. The Bertz CT molecular complexity index is 671. The lowest BCUT2D eigenvalue weighted by molar-refractivity contribution is 0.0950. The normalized spacial score (nSPS) is 23.2. The molecule has 2 aromatic rings. The maximum atomic E-state index is 10.9. The molecule has 1 fully saturated rings. The highest BCUT2D eigenvalue weighted by molar-refractivity contribution is 5.83. The van der Waals surface area contributed by atoms with Gasteiger partial charge < -0.3 is 15.2 Å². The fourth-order valence-electron chi connectivity index (χ4n) is 3.27. The van der Waals surface area contributed by atoms with Gasteiger partial charge in [-0.1, -0.05) is 6.08 Å². The molecule has 1 saturated heterocycles. The van der Waals surface area contributed by atoms with Gasteiger partial charge in [-0.2, -0.15) is 0 Å². The van der Waals surface area contributed by atoms with Crippen molar-refractivity contribution in [2.24, 2.45) is 5.92 Å². The Hall–Kier alpha value is -1.91. The van der Waals surface area contributed by atoms with Gasteiger partial charge in [0.2, 0.25) is 0 Å². The Labute approximate surface area is 130 Å². The van der Waals surface area contributed by atoms with Crippen LogP contribution in [0.25, 0.3) is 10.9 Å². The number of methoxy groups -OCH3 is 1. The average molecular weight is 298 g/mol. The van der Waals surface area contributed by atoms with E-state index in [-0.39, 0.29) is 12.0 Å². The van der Waals surface area contributed by atoms with E-state index in [1.54, 1.807) is 13.3 Å². The van der Waals surface area contributed by atoms with Crippen LogP contribution in [-0.2, 0) is 0 Å². The minimum Gasteiger partial charge on any atom is -0.497 e. The molecule has 0 aliphatic carbocycles. The summed E-state index contributed by atoms with van der Waals surface area (Å²) >= 11 is 0. The molecule has 0 amide bonds.